The van der Waals surface area contributed by atoms with Gasteiger partial charge < -0.3 is 14.8 Å². The summed E-state index contributed by atoms with van der Waals surface area (Å²) in [6.45, 7) is 11.1. The number of halogens is 1. The number of nitrogens with one attached hydrogen (secondary N) is 2. The third-order valence-corrected chi connectivity index (χ3v) is 11.2. The van der Waals surface area contributed by atoms with Gasteiger partial charge in [-0.15, -0.1) is 0 Å². The van der Waals surface area contributed by atoms with E-state index in [0.717, 1.165) is 22.3 Å². The van der Waals surface area contributed by atoms with Crippen LogP contribution in [-0.2, 0) is 22.2 Å². The lowest BCUT2D eigenvalue weighted by atomic mass is 9.99. The number of hydrogen-bond donors (Lipinski definition) is 3. The van der Waals surface area contributed by atoms with Gasteiger partial charge in [-0.25, -0.2) is 9.18 Å². The number of benzene rings is 3. The molecule has 3 aromatic carbocycles. The fourth-order valence-corrected chi connectivity index (χ4v) is 4.50. The van der Waals surface area contributed by atoms with E-state index in [1.807, 2.05) is 42.5 Å². The molecule has 6 nitrogen and oxygen atoms in total. The second-order valence-electron chi connectivity index (χ2n) is 10.6. The van der Waals surface area contributed by atoms with Gasteiger partial charge in [-0.3, -0.25) is 10.1 Å². The van der Waals surface area contributed by atoms with E-state index in [-0.39, 0.29) is 23.1 Å². The maximum atomic E-state index is 14.7. The second kappa shape index (κ2) is 11.7. The van der Waals surface area contributed by atoms with Gasteiger partial charge in [0.15, 0.2) is 8.32 Å². The summed E-state index contributed by atoms with van der Waals surface area (Å²) in [4.78, 5) is 23.8. The summed E-state index contributed by atoms with van der Waals surface area (Å²) in [6.07, 6.45) is -0.678. The zero-order valence-electron chi connectivity index (χ0n) is 22.0. The molecule has 0 aliphatic heterocycles. The van der Waals surface area contributed by atoms with E-state index in [4.69, 9.17) is 4.43 Å². The highest BCUT2D eigenvalue weighted by Gasteiger charge is 2.37. The summed E-state index contributed by atoms with van der Waals surface area (Å²) in [5.74, 6) is -0.839. The van der Waals surface area contributed by atoms with Gasteiger partial charge in [-0.2, -0.15) is 0 Å². The third kappa shape index (κ3) is 7.74. The number of carboxylic acid groups (broad SMARTS) is 1. The first-order valence-corrected chi connectivity index (χ1v) is 15.2. The molecule has 196 valence electrons. The van der Waals surface area contributed by atoms with Crippen LogP contribution in [0.15, 0.2) is 66.7 Å². The smallest absolute Gasteiger partial charge is 0.409 e. The summed E-state index contributed by atoms with van der Waals surface area (Å²) in [6, 6.07) is 19.6. The van der Waals surface area contributed by atoms with Crippen LogP contribution in [0.25, 0.3) is 11.1 Å². The zero-order chi connectivity index (χ0) is 27.2. The molecule has 3 N–H and O–H groups in total. The summed E-state index contributed by atoms with van der Waals surface area (Å²) < 4.78 is 20.8. The molecule has 0 bridgehead atoms. The van der Waals surface area contributed by atoms with E-state index in [1.165, 1.54) is 6.07 Å². The van der Waals surface area contributed by atoms with Gasteiger partial charge in [0.25, 0.3) is 0 Å². The molecule has 0 atom stereocenters. The Morgan fingerprint density at radius 1 is 0.919 bits per heavy atom. The standard InChI is InChI=1S/C29H35FN2O4Si/c1-29(2,3)37(4,5)36-19-21-12-15-25(24(30)17-21)31-27(33)16-13-20-11-14-23(22-9-7-6-8-10-22)26(18-20)32-28(34)35/h6-12,14-15,17-18,32H,13,16,19H2,1-5H3,(H,31,33)(H,34,35). The number of carbonyl (C=O) groups excluding carboxylic acids is 1. The van der Waals surface area contributed by atoms with Crippen LogP contribution < -0.4 is 10.6 Å². The highest BCUT2D eigenvalue weighted by molar-refractivity contribution is 6.74. The van der Waals surface area contributed by atoms with Crippen LogP contribution in [0, 0.1) is 5.82 Å². The van der Waals surface area contributed by atoms with Crippen molar-refractivity contribution in [3.63, 3.8) is 0 Å². The number of anilines is 2. The molecule has 0 saturated heterocycles. The molecular formula is C29H35FN2O4Si. The fourth-order valence-electron chi connectivity index (χ4n) is 3.54. The minimum absolute atomic E-state index is 0.0613. The van der Waals surface area contributed by atoms with E-state index in [1.54, 1.807) is 18.2 Å². The summed E-state index contributed by atoms with van der Waals surface area (Å²) >= 11 is 0. The first-order valence-electron chi connectivity index (χ1n) is 12.3. The average molecular weight is 523 g/mol. The van der Waals surface area contributed by atoms with Gasteiger partial charge in [0.2, 0.25) is 5.91 Å². The quantitative estimate of drug-likeness (QED) is 0.252. The normalized spacial score (nSPS) is 11.7. The number of aryl methyl sites for hydroxylation is 1. The summed E-state index contributed by atoms with van der Waals surface area (Å²) in [7, 11) is -1.95. The van der Waals surface area contributed by atoms with E-state index >= 15 is 0 Å². The van der Waals surface area contributed by atoms with Crippen molar-refractivity contribution in [1.29, 1.82) is 0 Å². The highest BCUT2D eigenvalue weighted by atomic mass is 28.4. The van der Waals surface area contributed by atoms with E-state index < -0.39 is 20.2 Å². The molecule has 3 aromatic rings. The molecule has 0 heterocycles. The number of rotatable bonds is 9. The van der Waals surface area contributed by atoms with Crippen LogP contribution in [0.5, 0.6) is 0 Å². The minimum Gasteiger partial charge on any atom is -0.465 e. The van der Waals surface area contributed by atoms with Gasteiger partial charge in [0.1, 0.15) is 5.82 Å². The van der Waals surface area contributed by atoms with Crippen LogP contribution in [0.3, 0.4) is 0 Å². The van der Waals surface area contributed by atoms with Crippen LogP contribution in [0.1, 0.15) is 38.3 Å². The Kier molecular flexibility index (Phi) is 8.88. The molecule has 8 heteroatoms. The van der Waals surface area contributed by atoms with Crippen LogP contribution in [-0.4, -0.2) is 25.4 Å². The lowest BCUT2D eigenvalue weighted by Crippen LogP contribution is -2.40. The average Bonchev–Trinajstić information content (AvgIpc) is 2.82. The van der Waals surface area contributed by atoms with E-state index in [9.17, 15) is 19.1 Å². The highest BCUT2D eigenvalue weighted by Crippen LogP contribution is 2.37. The fraction of sp³-hybridized carbons (Fsp3) is 0.310. The molecule has 0 aliphatic carbocycles. The van der Waals surface area contributed by atoms with Gasteiger partial charge in [0, 0.05) is 12.0 Å². The predicted octanol–water partition coefficient (Wildman–Crippen LogP) is 7.68. The van der Waals surface area contributed by atoms with Gasteiger partial charge >= 0.3 is 6.09 Å². The van der Waals surface area contributed by atoms with Crippen LogP contribution in [0.2, 0.25) is 18.1 Å². The van der Waals surface area contributed by atoms with Crippen molar-refractivity contribution < 1.29 is 23.5 Å². The number of carbonyl (C=O) groups is 2. The maximum absolute atomic E-state index is 14.7. The first kappa shape index (κ1) is 28.1. The molecule has 0 saturated carbocycles. The summed E-state index contributed by atoms with van der Waals surface area (Å²) in [5.41, 5.74) is 3.70. The Labute approximate surface area is 219 Å². The lowest BCUT2D eigenvalue weighted by molar-refractivity contribution is -0.116. The largest absolute Gasteiger partial charge is 0.465 e. The molecule has 0 aromatic heterocycles. The van der Waals surface area contributed by atoms with E-state index in [0.29, 0.717) is 18.7 Å². The Morgan fingerprint density at radius 2 is 1.59 bits per heavy atom. The Hall–Kier alpha value is -3.49. The van der Waals surface area contributed by atoms with Crippen molar-refractivity contribution in [3.05, 3.63) is 83.7 Å². The molecule has 0 radical (unpaired) electrons. The summed E-state index contributed by atoms with van der Waals surface area (Å²) in [5, 5.41) is 14.4. The van der Waals surface area contributed by atoms with E-state index in [2.05, 4.69) is 44.5 Å². The van der Waals surface area contributed by atoms with Gasteiger partial charge in [0.05, 0.1) is 18.0 Å². The third-order valence-electron chi connectivity index (χ3n) is 6.76. The Bertz CT molecular complexity index is 1260. The SMILES string of the molecule is CC(C)(C)[Si](C)(C)OCc1ccc(NC(=O)CCc2ccc(-c3ccccc3)c(NC(=O)O)c2)c(F)c1. The zero-order valence-corrected chi connectivity index (χ0v) is 23.0. The molecule has 0 aliphatic rings. The Balaban J connectivity index is 1.62. The molecule has 0 spiro atoms. The van der Waals surface area contributed by atoms with Crippen LogP contribution >= 0.6 is 0 Å². The first-order chi connectivity index (χ1) is 17.4. The monoisotopic (exact) mass is 522 g/mol. The molecule has 0 fully saturated rings. The van der Waals surface area contributed by atoms with Crippen molar-refractivity contribution in [2.75, 3.05) is 10.6 Å². The lowest BCUT2D eigenvalue weighted by Gasteiger charge is -2.36. The van der Waals surface area contributed by atoms with Crippen molar-refractivity contribution in [2.24, 2.45) is 0 Å². The van der Waals surface area contributed by atoms with Crippen molar-refractivity contribution >= 4 is 31.7 Å². The molecular weight excluding hydrogens is 487 g/mol. The van der Waals surface area contributed by atoms with Gasteiger partial charge in [-0.1, -0.05) is 69.3 Å². The Morgan fingerprint density at radius 3 is 2.22 bits per heavy atom. The molecule has 37 heavy (non-hydrogen) atoms. The second-order valence-corrected chi connectivity index (χ2v) is 15.4. The van der Waals surface area contributed by atoms with Crippen molar-refractivity contribution in [3.8, 4) is 11.1 Å². The molecule has 3 rings (SSSR count). The molecule has 0 unspecified atom stereocenters. The minimum atomic E-state index is -1.95. The predicted molar refractivity (Wildman–Crippen MR) is 149 cm³/mol. The topological polar surface area (TPSA) is 87.7 Å². The maximum Gasteiger partial charge on any atom is 0.409 e. The van der Waals surface area contributed by atoms with Gasteiger partial charge in [-0.05, 0) is 59.4 Å². The van der Waals surface area contributed by atoms with Crippen LogP contribution in [0.4, 0.5) is 20.6 Å². The number of amides is 2. The number of hydrogen-bond acceptors (Lipinski definition) is 3. The molecule has 2 amide bonds. The van der Waals surface area contributed by atoms with Crippen molar-refractivity contribution in [1.82, 2.24) is 0 Å². The van der Waals surface area contributed by atoms with Crippen molar-refractivity contribution in [2.45, 2.75) is 58.4 Å².